The molecule has 0 amide bonds. The van der Waals surface area contributed by atoms with Crippen molar-refractivity contribution >= 4 is 86.2 Å². The highest BCUT2D eigenvalue weighted by molar-refractivity contribution is 6.23. The Morgan fingerprint density at radius 3 is 0.812 bits per heavy atom. The van der Waals surface area contributed by atoms with Crippen LogP contribution in [0.2, 0.25) is 0 Å². The maximum absolute atomic E-state index is 9.74. The molecule has 0 heteroatoms. The molecule has 0 spiro atoms. The SMILES string of the molecule is [2H]c1c([2H])c(-c2c([2H])c([2H])c([2H])c3c([2H])c([2H])c([2H])c([2H])c23)c([2H])c(-c2c3c([2H])c([2H])c([2H])c([2H])c3c(-c3c([2H])c([2H])c4c([2H])c([2H])c([2H])c([2H])c4c3[2H])c3c([2H])c([2H])c([2H])c([2H])c23)c1[2H].[2H]c1c([2H])c(-c2c([2H])c([2H])c3c([2H])c([2H])c([2H])c([2H])c3c2[2H])c([2H])c(-c2c3c([2H])c([2H])c([2H])c([2H])c3c(-c3c([2H])c([2H])c4c([2H])c([2H])c([2H])c([2H])c4c3[2H])c3c([2H])c([2H])c([2H])c([2H])c23)c1[2H]. The first-order valence-electron chi connectivity index (χ1n) is 49.5. The van der Waals surface area contributed by atoms with Crippen LogP contribution in [-0.2, 0) is 0 Å². The second kappa shape index (κ2) is 19.9. The van der Waals surface area contributed by atoms with E-state index in [9.17, 15) is 21.9 Å². The summed E-state index contributed by atoms with van der Waals surface area (Å²) in [6.07, 6.45) is 0. The highest BCUT2D eigenvalue weighted by Crippen LogP contribution is 2.47. The first-order valence-corrected chi connectivity index (χ1v) is 23.5. The predicted octanol–water partition coefficient (Wildman–Crippen LogP) is 22.6. The van der Waals surface area contributed by atoms with Crippen LogP contribution in [0.25, 0.3) is 153 Å². The summed E-state index contributed by atoms with van der Waals surface area (Å²) in [5, 5.41) is -10.7. The van der Waals surface area contributed by atoms with Crippen LogP contribution < -0.4 is 0 Å². The first kappa shape index (κ1) is 17.8. The molecule has 0 fully saturated rings. The van der Waals surface area contributed by atoms with Crippen molar-refractivity contribution in [2.24, 2.45) is 0 Å². The summed E-state index contributed by atoms with van der Waals surface area (Å²) in [7, 11) is 0. The molecule has 0 aliphatic heterocycles. The lowest BCUT2D eigenvalue weighted by Gasteiger charge is -2.18. The van der Waals surface area contributed by atoms with Crippen molar-refractivity contribution in [2.75, 3.05) is 0 Å². The fourth-order valence-corrected chi connectivity index (χ4v) is 9.16. The summed E-state index contributed by atoms with van der Waals surface area (Å²) in [6.45, 7) is 0. The molecule has 0 aliphatic carbocycles. The Labute approximate surface area is 538 Å². The molecule has 0 aromatic heterocycles. The molecule has 16 rings (SSSR count). The molecule has 80 heavy (non-hydrogen) atoms. The number of rotatable bonds is 6. The Morgan fingerprint density at radius 2 is 0.400 bits per heavy atom. The summed E-state index contributed by atoms with van der Waals surface area (Å²) in [4.78, 5) is 0. The molecule has 0 unspecified atom stereocenters. The zero-order valence-corrected chi connectivity index (χ0v) is 40.0. The number of hydrogen-bond donors (Lipinski definition) is 0. The third-order valence-corrected chi connectivity index (χ3v) is 12.6. The van der Waals surface area contributed by atoms with Crippen molar-refractivity contribution in [1.29, 1.82) is 0 Å². The van der Waals surface area contributed by atoms with Gasteiger partial charge < -0.3 is 0 Å². The molecule has 16 aromatic rings. The average molecular weight is 1070 g/mol. The lowest BCUT2D eigenvalue weighted by Crippen LogP contribution is -1.91. The van der Waals surface area contributed by atoms with Crippen LogP contribution in [0.15, 0.2) is 314 Å². The average Bonchev–Trinajstić information content (AvgIpc) is 0.674. The van der Waals surface area contributed by atoms with Crippen molar-refractivity contribution in [3.05, 3.63) is 314 Å². The fraction of sp³-hybridized carbons (Fsp3) is 0. The van der Waals surface area contributed by atoms with Gasteiger partial charge in [-0.25, -0.2) is 0 Å². The highest BCUT2D eigenvalue weighted by Gasteiger charge is 2.20. The van der Waals surface area contributed by atoms with E-state index in [0.29, 0.717) is 0 Å². The van der Waals surface area contributed by atoms with Gasteiger partial charge in [0.2, 0.25) is 0 Å². The second-order valence-corrected chi connectivity index (χ2v) is 17.0. The van der Waals surface area contributed by atoms with Crippen LogP contribution in [0.4, 0.5) is 0 Å². The van der Waals surface area contributed by atoms with E-state index in [-0.39, 0.29) is 0 Å². The van der Waals surface area contributed by atoms with Gasteiger partial charge in [0, 0.05) is 0 Å². The second-order valence-electron chi connectivity index (χ2n) is 17.0. The van der Waals surface area contributed by atoms with Crippen molar-refractivity contribution in [3.8, 4) is 66.8 Å². The van der Waals surface area contributed by atoms with Gasteiger partial charge in [0.25, 0.3) is 0 Å². The van der Waals surface area contributed by atoms with E-state index in [1.807, 2.05) is 0 Å². The van der Waals surface area contributed by atoms with Crippen molar-refractivity contribution in [3.63, 3.8) is 0 Å². The van der Waals surface area contributed by atoms with E-state index in [2.05, 4.69) is 0 Å². The normalized spacial score (nSPS) is 20.6. The lowest BCUT2D eigenvalue weighted by molar-refractivity contribution is 1.63. The van der Waals surface area contributed by atoms with Gasteiger partial charge in [-0.3, -0.25) is 0 Å². The molecule has 372 valence electrons. The van der Waals surface area contributed by atoms with Crippen LogP contribution in [0, 0.1) is 0 Å². The van der Waals surface area contributed by atoms with E-state index in [0.717, 1.165) is 0 Å². The van der Waals surface area contributed by atoms with Gasteiger partial charge in [-0.15, -0.1) is 0 Å². The van der Waals surface area contributed by atoms with Crippen molar-refractivity contribution in [2.45, 2.75) is 0 Å². The summed E-state index contributed by atoms with van der Waals surface area (Å²) < 4.78 is 462. The summed E-state index contributed by atoms with van der Waals surface area (Å²) in [5.74, 6) is 0. The monoisotopic (exact) mass is 1060 g/mol. The first-order chi connectivity index (χ1) is 61.4. The molecule has 0 saturated heterocycles. The van der Waals surface area contributed by atoms with Gasteiger partial charge in [-0.2, -0.15) is 0 Å². The Kier molecular flexibility index (Phi) is 4.42. The molecule has 0 nitrogen and oxygen atoms in total. The van der Waals surface area contributed by atoms with Gasteiger partial charge in [0.1, 0.15) is 0 Å². The number of benzene rings is 16. The van der Waals surface area contributed by atoms with Crippen LogP contribution >= 0.6 is 0 Å². The Hall–Kier alpha value is -10.4. The molecular formula is C80H52. The zero-order chi connectivity index (χ0) is 98.2. The minimum absolute atomic E-state index is 0.552. The molecule has 16 aromatic carbocycles. The third-order valence-electron chi connectivity index (χ3n) is 12.6. The molecule has 0 N–H and O–H groups in total. The largest absolute Gasteiger partial charge is 0.0636 e. The Bertz CT molecular complexity index is 8070. The standard InChI is InChI=1S/2C40H26/c1-3-12-29-24-32(22-20-27(29)10-1)31-14-9-15-33(26-31)39-35-16-5-7-18-37(35)40(38-19-8-6-17-36(38)39)34-23-21-28-11-2-4-13-30(28)25-34;1-2-13-29-25-32(24-23-27(29)11-1)40-37-20-7-5-18-35(37)39(36-19-6-8-21-38(36)40)31-16-9-15-30(26-31)34-22-10-14-28-12-3-4-17-33(28)34/h2*1-26H/i2*1D,2D,3D,4D,5D,6D,7D,8D,9D,10D,11D,12D,13D,14D,15D,16D,17D,18D,19D,20D,21D,22D,23D,24D,25D,26D. The van der Waals surface area contributed by atoms with Crippen molar-refractivity contribution in [1.82, 2.24) is 0 Å². The summed E-state index contributed by atoms with van der Waals surface area (Å²) >= 11 is 0. The predicted molar refractivity (Wildman–Crippen MR) is 346 cm³/mol. The number of hydrogen-bond acceptors (Lipinski definition) is 0. The van der Waals surface area contributed by atoms with Crippen LogP contribution in [-0.4, -0.2) is 0 Å². The minimum Gasteiger partial charge on any atom is -0.0616 e. The number of fused-ring (bicyclic) bond motifs is 8. The van der Waals surface area contributed by atoms with Gasteiger partial charge in [0.15, 0.2) is 0 Å². The fourth-order valence-electron chi connectivity index (χ4n) is 9.16. The molecule has 0 heterocycles. The Morgan fingerprint density at radius 1 is 0.150 bits per heavy atom. The van der Waals surface area contributed by atoms with E-state index in [4.69, 9.17) is 49.3 Å². The maximum atomic E-state index is 9.74. The smallest absolute Gasteiger partial charge is 0.0616 e. The van der Waals surface area contributed by atoms with Gasteiger partial charge in [-0.05, 0) is 183 Å². The summed E-state index contributed by atoms with van der Waals surface area (Å²) in [5.41, 5.74) is -9.42. The minimum atomic E-state index is -1.07. The van der Waals surface area contributed by atoms with E-state index in [1.54, 1.807) is 0 Å². The van der Waals surface area contributed by atoms with Gasteiger partial charge in [-0.1, -0.05) is 284 Å². The quantitative estimate of drug-likeness (QED) is 0.146. The summed E-state index contributed by atoms with van der Waals surface area (Å²) in [6, 6.07) is -48.4. The lowest BCUT2D eigenvalue weighted by atomic mass is 9.85. The molecule has 0 aliphatic rings. The van der Waals surface area contributed by atoms with E-state index < -0.39 is 467 Å². The Balaban J connectivity index is 0.000000202. The topological polar surface area (TPSA) is 0 Å². The molecule has 0 saturated carbocycles. The molecular weight excluding hydrogens is 961 g/mol. The van der Waals surface area contributed by atoms with Gasteiger partial charge >= 0.3 is 0 Å². The molecule has 0 atom stereocenters. The zero-order valence-electron chi connectivity index (χ0n) is 92.0. The van der Waals surface area contributed by atoms with Crippen LogP contribution in [0.3, 0.4) is 0 Å². The molecule has 0 radical (unpaired) electrons. The van der Waals surface area contributed by atoms with Gasteiger partial charge in [0.05, 0.1) is 71.3 Å². The third kappa shape index (κ3) is 8.25. The highest BCUT2D eigenvalue weighted by atomic mass is 14.2. The van der Waals surface area contributed by atoms with Crippen LogP contribution in [0.5, 0.6) is 0 Å². The van der Waals surface area contributed by atoms with E-state index in [1.165, 1.54) is 0 Å². The van der Waals surface area contributed by atoms with E-state index >= 15 is 0 Å². The molecule has 0 bridgehead atoms. The maximum Gasteiger partial charge on any atom is 0.0636 e. The van der Waals surface area contributed by atoms with Crippen molar-refractivity contribution < 1.29 is 71.3 Å². The van der Waals surface area contributed by atoms with Crippen LogP contribution in [0.1, 0.15) is 71.3 Å².